The van der Waals surface area contributed by atoms with E-state index in [0.29, 0.717) is 23.7 Å². The first-order valence-corrected chi connectivity index (χ1v) is 10.9. The van der Waals surface area contributed by atoms with Crippen LogP contribution in [-0.2, 0) is 20.6 Å². The third kappa shape index (κ3) is 4.27. The van der Waals surface area contributed by atoms with Crippen molar-refractivity contribution < 1.29 is 5.11 Å². The van der Waals surface area contributed by atoms with Crippen molar-refractivity contribution in [3.8, 4) is 0 Å². The van der Waals surface area contributed by atoms with Gasteiger partial charge in [0.25, 0.3) is 5.56 Å². The number of rotatable bonds is 5. The number of nitrogens with zero attached hydrogens (tertiary/aromatic N) is 8. The number of aliphatic hydroxyl groups is 1. The van der Waals surface area contributed by atoms with Gasteiger partial charge in [-0.05, 0) is 14.1 Å². The van der Waals surface area contributed by atoms with Crippen LogP contribution in [0.15, 0.2) is 9.59 Å². The molecular weight excluding hydrogens is 400 g/mol. The van der Waals surface area contributed by atoms with E-state index in [1.54, 1.807) is 11.6 Å². The zero-order chi connectivity index (χ0) is 22.3. The Bertz CT molecular complexity index is 1040. The van der Waals surface area contributed by atoms with Gasteiger partial charge < -0.3 is 24.4 Å². The van der Waals surface area contributed by atoms with E-state index in [9.17, 15) is 14.7 Å². The van der Waals surface area contributed by atoms with Crippen LogP contribution in [0, 0.1) is 0 Å². The molecule has 2 saturated heterocycles. The summed E-state index contributed by atoms with van der Waals surface area (Å²) in [5.74, 6) is 0.700. The van der Waals surface area contributed by atoms with Gasteiger partial charge in [0.15, 0.2) is 11.2 Å². The topological polar surface area (TPSA) is 95.0 Å². The van der Waals surface area contributed by atoms with Gasteiger partial charge >= 0.3 is 5.69 Å². The van der Waals surface area contributed by atoms with Gasteiger partial charge in [-0.25, -0.2) is 4.79 Å². The Labute approximate surface area is 181 Å². The van der Waals surface area contributed by atoms with Crippen LogP contribution < -0.4 is 16.1 Å². The fraction of sp³-hybridized carbons (Fsp3) is 0.750. The predicted octanol–water partition coefficient (Wildman–Crippen LogP) is -2.21. The number of fused-ring (bicyclic) bond motifs is 1. The Morgan fingerprint density at radius 1 is 0.839 bits per heavy atom. The fourth-order valence-corrected chi connectivity index (χ4v) is 4.48. The number of aryl methyl sites for hydroxylation is 2. The average molecular weight is 435 g/mol. The van der Waals surface area contributed by atoms with Gasteiger partial charge in [0, 0.05) is 73.0 Å². The molecular formula is C20H34N8O3. The number of β-amino-alcohol motifs (C(OH)–C–C–N with tert-alkyl or cyclic N) is 1. The molecule has 11 heteroatoms. The van der Waals surface area contributed by atoms with Crippen LogP contribution in [0.1, 0.15) is 0 Å². The molecule has 0 spiro atoms. The number of hydrogen-bond acceptors (Lipinski definition) is 8. The van der Waals surface area contributed by atoms with Gasteiger partial charge in [-0.2, -0.15) is 4.98 Å². The van der Waals surface area contributed by atoms with Crippen molar-refractivity contribution in [2.45, 2.75) is 12.6 Å². The highest BCUT2D eigenvalue weighted by Crippen LogP contribution is 2.19. The molecule has 31 heavy (non-hydrogen) atoms. The van der Waals surface area contributed by atoms with Gasteiger partial charge in [0.05, 0.1) is 12.6 Å². The molecule has 0 amide bonds. The first-order chi connectivity index (χ1) is 14.8. The largest absolute Gasteiger partial charge is 0.390 e. The first-order valence-electron chi connectivity index (χ1n) is 10.9. The minimum Gasteiger partial charge on any atom is -0.390 e. The second kappa shape index (κ2) is 8.73. The lowest BCUT2D eigenvalue weighted by atomic mass is 10.2. The second-order valence-corrected chi connectivity index (χ2v) is 8.95. The molecule has 0 radical (unpaired) electrons. The summed E-state index contributed by atoms with van der Waals surface area (Å²) in [5, 5.41) is 10.6. The summed E-state index contributed by atoms with van der Waals surface area (Å²) in [6, 6.07) is 0. The van der Waals surface area contributed by atoms with Crippen LogP contribution in [0.2, 0.25) is 0 Å². The van der Waals surface area contributed by atoms with E-state index in [0.717, 1.165) is 56.9 Å². The zero-order valence-electron chi connectivity index (χ0n) is 19.0. The van der Waals surface area contributed by atoms with Gasteiger partial charge in [-0.15, -0.1) is 0 Å². The maximum absolute atomic E-state index is 13.3. The molecule has 0 aromatic carbocycles. The molecule has 0 saturated carbocycles. The van der Waals surface area contributed by atoms with Crippen LogP contribution in [0.5, 0.6) is 0 Å². The predicted molar refractivity (Wildman–Crippen MR) is 120 cm³/mol. The Balaban J connectivity index is 1.61. The van der Waals surface area contributed by atoms with Crippen molar-refractivity contribution in [3.63, 3.8) is 0 Å². The monoisotopic (exact) mass is 434 g/mol. The molecule has 2 aromatic rings. The fourth-order valence-electron chi connectivity index (χ4n) is 4.48. The van der Waals surface area contributed by atoms with Crippen molar-refractivity contribution in [1.82, 2.24) is 33.4 Å². The minimum absolute atomic E-state index is 0.0250. The number of hydrogen-bond donors (Lipinski definition) is 1. The number of imidazole rings is 1. The van der Waals surface area contributed by atoms with Crippen LogP contribution in [-0.4, -0.2) is 118 Å². The minimum atomic E-state index is -0.795. The molecule has 2 aliphatic rings. The highest BCUT2D eigenvalue weighted by Gasteiger charge is 2.25. The summed E-state index contributed by atoms with van der Waals surface area (Å²) in [4.78, 5) is 39.7. The normalized spacial score (nSPS) is 20.6. The van der Waals surface area contributed by atoms with E-state index in [1.807, 2.05) is 7.05 Å². The van der Waals surface area contributed by atoms with E-state index >= 15 is 0 Å². The smallest absolute Gasteiger partial charge is 0.332 e. The van der Waals surface area contributed by atoms with E-state index in [2.05, 4.69) is 38.7 Å². The first kappa shape index (κ1) is 22.0. The summed E-state index contributed by atoms with van der Waals surface area (Å²) < 4.78 is 4.35. The molecule has 2 aromatic heterocycles. The Morgan fingerprint density at radius 3 is 2.03 bits per heavy atom. The van der Waals surface area contributed by atoms with Crippen molar-refractivity contribution in [3.05, 3.63) is 20.8 Å². The van der Waals surface area contributed by atoms with Crippen LogP contribution in [0.3, 0.4) is 0 Å². The number of likely N-dealkylation sites (N-methyl/N-ethyl adjacent to an activating group) is 2. The highest BCUT2D eigenvalue weighted by molar-refractivity contribution is 5.74. The highest BCUT2D eigenvalue weighted by atomic mass is 16.3. The molecule has 4 heterocycles. The zero-order valence-corrected chi connectivity index (χ0v) is 19.0. The lowest BCUT2D eigenvalue weighted by Crippen LogP contribution is -2.49. The molecule has 11 nitrogen and oxygen atoms in total. The van der Waals surface area contributed by atoms with Gasteiger partial charge in [-0.3, -0.25) is 18.8 Å². The molecule has 0 bridgehead atoms. The molecule has 0 unspecified atom stereocenters. The maximum Gasteiger partial charge on any atom is 0.332 e. The molecule has 2 fully saturated rings. The molecule has 4 rings (SSSR count). The Kier molecular flexibility index (Phi) is 6.20. The van der Waals surface area contributed by atoms with Gasteiger partial charge in [0.1, 0.15) is 0 Å². The van der Waals surface area contributed by atoms with Gasteiger partial charge in [0.2, 0.25) is 5.95 Å². The summed E-state index contributed by atoms with van der Waals surface area (Å²) in [7, 11) is 7.62. The maximum atomic E-state index is 13.3. The summed E-state index contributed by atoms with van der Waals surface area (Å²) in [5.41, 5.74) is -0.0667. The lowest BCUT2D eigenvalue weighted by molar-refractivity contribution is 0.0696. The molecule has 2 aliphatic heterocycles. The molecule has 0 aliphatic carbocycles. The quantitative estimate of drug-likeness (QED) is 0.566. The second-order valence-electron chi connectivity index (χ2n) is 8.95. The average Bonchev–Trinajstić information content (AvgIpc) is 3.09. The van der Waals surface area contributed by atoms with Gasteiger partial charge in [-0.1, -0.05) is 0 Å². The van der Waals surface area contributed by atoms with Crippen molar-refractivity contribution in [2.24, 2.45) is 14.1 Å². The number of anilines is 1. The molecule has 1 N–H and O–H groups in total. The van der Waals surface area contributed by atoms with Crippen LogP contribution >= 0.6 is 0 Å². The summed E-state index contributed by atoms with van der Waals surface area (Å²) in [6.07, 6.45) is -0.795. The van der Waals surface area contributed by atoms with Crippen LogP contribution in [0.4, 0.5) is 5.95 Å². The lowest BCUT2D eigenvalue weighted by Gasteiger charge is -2.33. The molecule has 172 valence electrons. The SMILES string of the molecule is CN1CCN(C[C@@H](O)Cn2c(=O)c3c(nc(N4CCN(C)CC4)n3C)n(C)c2=O)CC1. The van der Waals surface area contributed by atoms with E-state index in [1.165, 1.54) is 4.57 Å². The van der Waals surface area contributed by atoms with E-state index < -0.39 is 17.4 Å². The Hall–Kier alpha value is -2.21. The third-order valence-corrected chi connectivity index (χ3v) is 6.58. The Morgan fingerprint density at radius 2 is 1.42 bits per heavy atom. The van der Waals surface area contributed by atoms with E-state index in [4.69, 9.17) is 0 Å². The summed E-state index contributed by atoms with van der Waals surface area (Å²) in [6.45, 7) is 7.54. The van der Waals surface area contributed by atoms with Crippen LogP contribution in [0.25, 0.3) is 11.2 Å². The van der Waals surface area contributed by atoms with E-state index in [-0.39, 0.29) is 6.54 Å². The number of aromatic nitrogens is 4. The standard InChI is InChI=1S/C20H34N8O3/c1-22-5-9-26(10-6-22)13-15(29)14-28-18(30)16-17(25(4)20(28)31)21-19(24(16)3)27-11-7-23(2)8-12-27/h15,29H,5-14H2,1-4H3/t15-/m1/s1. The van der Waals surface area contributed by atoms with Crippen molar-refractivity contribution in [2.75, 3.05) is 77.9 Å². The summed E-state index contributed by atoms with van der Waals surface area (Å²) >= 11 is 0. The third-order valence-electron chi connectivity index (χ3n) is 6.58. The number of piperazine rings is 2. The van der Waals surface area contributed by atoms with Crippen molar-refractivity contribution >= 4 is 17.1 Å². The molecule has 1 atom stereocenters. The number of aliphatic hydroxyl groups excluding tert-OH is 1. The van der Waals surface area contributed by atoms with Crippen molar-refractivity contribution in [1.29, 1.82) is 0 Å².